The van der Waals surface area contributed by atoms with E-state index in [1.807, 2.05) is 0 Å². The first-order chi connectivity index (χ1) is 34.5. The SMILES string of the molecule is CCCCCCCCCCCCCCCCCCCCCCCCCCCCCCC(=O)OCC(COC(=O)CCCCCCCCCCCCCC)OC(=O)CCCCCCCCCCCCCC. The molecular formula is C64H124O6. The van der Waals surface area contributed by atoms with Crippen LogP contribution in [0.4, 0.5) is 0 Å². The summed E-state index contributed by atoms with van der Waals surface area (Å²) in [6.45, 7) is 6.71. The van der Waals surface area contributed by atoms with Crippen LogP contribution in [0.1, 0.15) is 374 Å². The quantitative estimate of drug-likeness (QED) is 0.0343. The summed E-state index contributed by atoms with van der Waals surface area (Å²) in [5, 5.41) is 0. The molecule has 6 nitrogen and oxygen atoms in total. The maximum absolute atomic E-state index is 12.8. The summed E-state index contributed by atoms with van der Waals surface area (Å²) in [5.41, 5.74) is 0. The summed E-state index contributed by atoms with van der Waals surface area (Å²) in [6.07, 6.45) is 68.4. The Bertz CT molecular complexity index is 1040. The summed E-state index contributed by atoms with van der Waals surface area (Å²) >= 11 is 0. The summed E-state index contributed by atoms with van der Waals surface area (Å²) in [5.74, 6) is -0.832. The first-order valence-electron chi connectivity index (χ1n) is 32.0. The van der Waals surface area contributed by atoms with Gasteiger partial charge in [-0.1, -0.05) is 335 Å². The van der Waals surface area contributed by atoms with E-state index in [1.165, 1.54) is 276 Å². The minimum atomic E-state index is -0.761. The highest BCUT2D eigenvalue weighted by Gasteiger charge is 2.19. The summed E-state index contributed by atoms with van der Waals surface area (Å²) in [6, 6.07) is 0. The van der Waals surface area contributed by atoms with Gasteiger partial charge in [0.15, 0.2) is 6.10 Å². The zero-order chi connectivity index (χ0) is 50.7. The van der Waals surface area contributed by atoms with Crippen molar-refractivity contribution in [3.63, 3.8) is 0 Å². The van der Waals surface area contributed by atoms with Gasteiger partial charge in [0.1, 0.15) is 13.2 Å². The van der Waals surface area contributed by atoms with Crippen LogP contribution in [0.25, 0.3) is 0 Å². The summed E-state index contributed by atoms with van der Waals surface area (Å²) in [4.78, 5) is 38.1. The number of hydrogen-bond acceptors (Lipinski definition) is 6. The highest BCUT2D eigenvalue weighted by Crippen LogP contribution is 2.19. The standard InChI is InChI=1S/C64H124O6/c1-4-7-10-13-16-19-22-25-26-27-28-29-30-31-32-33-34-35-36-37-38-39-40-43-45-48-51-54-57-63(66)69-60-61(70-64(67)58-55-52-49-46-42-24-21-18-15-12-9-6-3)59-68-62(65)56-53-50-47-44-41-23-20-17-14-11-8-5-2/h61H,4-60H2,1-3H3. The fourth-order valence-electron chi connectivity index (χ4n) is 10.0. The van der Waals surface area contributed by atoms with Crippen LogP contribution in [0.2, 0.25) is 0 Å². The number of ether oxygens (including phenoxy) is 3. The lowest BCUT2D eigenvalue weighted by molar-refractivity contribution is -0.167. The average molecular weight is 990 g/mol. The third kappa shape index (κ3) is 57.3. The predicted octanol–water partition coefficient (Wildman–Crippen LogP) is 21.5. The van der Waals surface area contributed by atoms with Gasteiger partial charge >= 0.3 is 17.9 Å². The molecular weight excluding hydrogens is 865 g/mol. The normalized spacial score (nSPS) is 11.9. The van der Waals surface area contributed by atoms with Crippen molar-refractivity contribution in [1.29, 1.82) is 0 Å². The largest absolute Gasteiger partial charge is 0.462 e. The van der Waals surface area contributed by atoms with E-state index in [0.717, 1.165) is 57.8 Å². The molecule has 0 N–H and O–H groups in total. The minimum Gasteiger partial charge on any atom is -0.462 e. The Balaban J connectivity index is 4.06. The molecule has 0 aliphatic rings. The van der Waals surface area contributed by atoms with Crippen LogP contribution in [-0.2, 0) is 28.6 Å². The topological polar surface area (TPSA) is 78.9 Å². The lowest BCUT2D eigenvalue weighted by Gasteiger charge is -2.18. The van der Waals surface area contributed by atoms with E-state index in [1.54, 1.807) is 0 Å². The van der Waals surface area contributed by atoms with Gasteiger partial charge in [-0.05, 0) is 19.3 Å². The van der Waals surface area contributed by atoms with E-state index in [2.05, 4.69) is 20.8 Å². The second kappa shape index (κ2) is 60.0. The fourth-order valence-corrected chi connectivity index (χ4v) is 10.0. The number of carbonyl (C=O) groups is 3. The van der Waals surface area contributed by atoms with Crippen molar-refractivity contribution in [2.75, 3.05) is 13.2 Å². The van der Waals surface area contributed by atoms with Gasteiger partial charge in [0.25, 0.3) is 0 Å². The molecule has 0 fully saturated rings. The summed E-state index contributed by atoms with van der Waals surface area (Å²) in [7, 11) is 0. The van der Waals surface area contributed by atoms with Gasteiger partial charge in [0.2, 0.25) is 0 Å². The number of hydrogen-bond donors (Lipinski definition) is 0. The molecule has 0 aromatic carbocycles. The van der Waals surface area contributed by atoms with E-state index >= 15 is 0 Å². The van der Waals surface area contributed by atoms with Crippen LogP contribution in [0.15, 0.2) is 0 Å². The first-order valence-corrected chi connectivity index (χ1v) is 32.0. The van der Waals surface area contributed by atoms with E-state index in [-0.39, 0.29) is 31.1 Å². The maximum Gasteiger partial charge on any atom is 0.306 e. The molecule has 0 heterocycles. The average Bonchev–Trinajstić information content (AvgIpc) is 3.36. The lowest BCUT2D eigenvalue weighted by Crippen LogP contribution is -2.30. The van der Waals surface area contributed by atoms with Gasteiger partial charge in [0.05, 0.1) is 0 Å². The number of unbranched alkanes of at least 4 members (excludes halogenated alkanes) is 49. The second-order valence-electron chi connectivity index (χ2n) is 22.1. The van der Waals surface area contributed by atoms with Crippen molar-refractivity contribution in [1.82, 2.24) is 0 Å². The molecule has 1 atom stereocenters. The molecule has 0 aromatic rings. The molecule has 70 heavy (non-hydrogen) atoms. The molecule has 416 valence electrons. The summed E-state index contributed by atoms with van der Waals surface area (Å²) < 4.78 is 16.9. The molecule has 1 unspecified atom stereocenters. The van der Waals surface area contributed by atoms with Gasteiger partial charge < -0.3 is 14.2 Å². The van der Waals surface area contributed by atoms with E-state index < -0.39 is 6.10 Å². The van der Waals surface area contributed by atoms with Crippen LogP contribution in [0, 0.1) is 0 Å². The zero-order valence-corrected chi connectivity index (χ0v) is 47.8. The van der Waals surface area contributed by atoms with Crippen LogP contribution in [-0.4, -0.2) is 37.2 Å². The van der Waals surface area contributed by atoms with E-state index in [4.69, 9.17) is 14.2 Å². The highest BCUT2D eigenvalue weighted by molar-refractivity contribution is 5.71. The predicted molar refractivity (Wildman–Crippen MR) is 303 cm³/mol. The van der Waals surface area contributed by atoms with Gasteiger partial charge in [-0.2, -0.15) is 0 Å². The smallest absolute Gasteiger partial charge is 0.306 e. The maximum atomic E-state index is 12.8. The van der Waals surface area contributed by atoms with Crippen LogP contribution >= 0.6 is 0 Å². The van der Waals surface area contributed by atoms with Crippen molar-refractivity contribution in [2.24, 2.45) is 0 Å². The molecule has 6 heteroatoms. The Labute approximate surface area is 438 Å². The Morgan fingerprint density at radius 2 is 0.386 bits per heavy atom. The number of carbonyl (C=O) groups excluding carboxylic acids is 3. The van der Waals surface area contributed by atoms with Crippen molar-refractivity contribution >= 4 is 17.9 Å². The Morgan fingerprint density at radius 1 is 0.229 bits per heavy atom. The highest BCUT2D eigenvalue weighted by atomic mass is 16.6. The van der Waals surface area contributed by atoms with Crippen molar-refractivity contribution in [3.8, 4) is 0 Å². The molecule has 0 aromatic heterocycles. The molecule has 0 aliphatic carbocycles. The Kier molecular flexibility index (Phi) is 58.6. The molecule has 0 saturated heterocycles. The van der Waals surface area contributed by atoms with Crippen molar-refractivity contribution < 1.29 is 28.6 Å². The monoisotopic (exact) mass is 989 g/mol. The molecule has 0 saturated carbocycles. The van der Waals surface area contributed by atoms with Gasteiger partial charge in [-0.15, -0.1) is 0 Å². The second-order valence-corrected chi connectivity index (χ2v) is 22.1. The Morgan fingerprint density at radius 3 is 0.571 bits per heavy atom. The number of rotatable bonds is 60. The van der Waals surface area contributed by atoms with E-state index in [9.17, 15) is 14.4 Å². The molecule has 0 radical (unpaired) electrons. The van der Waals surface area contributed by atoms with E-state index in [0.29, 0.717) is 19.3 Å². The van der Waals surface area contributed by atoms with Crippen LogP contribution < -0.4 is 0 Å². The van der Waals surface area contributed by atoms with Gasteiger partial charge in [-0.25, -0.2) is 0 Å². The fraction of sp³-hybridized carbons (Fsp3) is 0.953. The molecule has 0 amide bonds. The first kappa shape index (κ1) is 68.4. The third-order valence-electron chi connectivity index (χ3n) is 14.9. The lowest BCUT2D eigenvalue weighted by atomic mass is 10.0. The van der Waals surface area contributed by atoms with Crippen molar-refractivity contribution in [3.05, 3.63) is 0 Å². The van der Waals surface area contributed by atoms with Crippen LogP contribution in [0.3, 0.4) is 0 Å². The molecule has 0 rings (SSSR count). The molecule has 0 bridgehead atoms. The third-order valence-corrected chi connectivity index (χ3v) is 14.9. The number of esters is 3. The van der Waals surface area contributed by atoms with Crippen molar-refractivity contribution in [2.45, 2.75) is 380 Å². The molecule has 0 aliphatic heterocycles. The minimum absolute atomic E-state index is 0.0611. The van der Waals surface area contributed by atoms with Gasteiger partial charge in [0, 0.05) is 19.3 Å². The molecule has 0 spiro atoms. The van der Waals surface area contributed by atoms with Gasteiger partial charge in [-0.3, -0.25) is 14.4 Å². The zero-order valence-electron chi connectivity index (χ0n) is 47.8. The van der Waals surface area contributed by atoms with Crippen LogP contribution in [0.5, 0.6) is 0 Å². The Hall–Kier alpha value is -1.59.